The summed E-state index contributed by atoms with van der Waals surface area (Å²) in [6, 6.07) is 2.55. The number of anilines is 2. The Labute approximate surface area is 197 Å². The SMILES string of the molecule is CC1(C)[C@H](Nc2c(C(N)=O)cnn3cc(-c4nnc(NC5CCOCC5)o4)cc23)CC[C@]1(C)N. The van der Waals surface area contributed by atoms with Gasteiger partial charge in [0.2, 0.25) is 0 Å². The standard InChI is InChI=1S/C23H32N8O3/c1-22(2)17(4-7-23(22,3)25)28-18-15(19(24)32)11-26-31-12-13(10-16(18)31)20-29-30-21(34-20)27-14-5-8-33-9-6-14/h10-12,14,17,28H,4-9,25H2,1-3H3,(H2,24,32)(H,27,30)/t17-,23+/m1/s1. The summed E-state index contributed by atoms with van der Waals surface area (Å²) in [7, 11) is 0. The van der Waals surface area contributed by atoms with Gasteiger partial charge in [-0.05, 0) is 38.7 Å². The first-order valence-electron chi connectivity index (χ1n) is 11.7. The van der Waals surface area contributed by atoms with Crippen LogP contribution in [0.25, 0.3) is 17.0 Å². The summed E-state index contributed by atoms with van der Waals surface area (Å²) in [6.45, 7) is 7.80. The van der Waals surface area contributed by atoms with Crippen molar-refractivity contribution in [3.8, 4) is 11.5 Å². The van der Waals surface area contributed by atoms with Crippen LogP contribution in [-0.4, -0.2) is 56.6 Å². The Morgan fingerprint density at radius 1 is 1.18 bits per heavy atom. The lowest BCUT2D eigenvalue weighted by atomic mass is 9.75. The van der Waals surface area contributed by atoms with E-state index in [-0.39, 0.29) is 23.0 Å². The zero-order valence-corrected chi connectivity index (χ0v) is 19.8. The summed E-state index contributed by atoms with van der Waals surface area (Å²) >= 11 is 0. The van der Waals surface area contributed by atoms with Crippen molar-refractivity contribution in [2.24, 2.45) is 16.9 Å². The van der Waals surface area contributed by atoms with Crippen molar-refractivity contribution in [3.05, 3.63) is 24.0 Å². The first-order valence-corrected chi connectivity index (χ1v) is 11.7. The van der Waals surface area contributed by atoms with Crippen LogP contribution in [0.5, 0.6) is 0 Å². The van der Waals surface area contributed by atoms with Crippen molar-refractivity contribution in [1.29, 1.82) is 0 Å². The van der Waals surface area contributed by atoms with E-state index < -0.39 is 5.91 Å². The fraction of sp³-hybridized carbons (Fsp3) is 0.565. The van der Waals surface area contributed by atoms with Crippen molar-refractivity contribution in [3.63, 3.8) is 0 Å². The summed E-state index contributed by atoms with van der Waals surface area (Å²) in [5.41, 5.74) is 14.1. The Kier molecular flexibility index (Phi) is 5.48. The zero-order valence-electron chi connectivity index (χ0n) is 19.8. The number of primary amides is 1. The summed E-state index contributed by atoms with van der Waals surface area (Å²) < 4.78 is 12.9. The molecule has 11 heteroatoms. The minimum absolute atomic E-state index is 0.0591. The second-order valence-corrected chi connectivity index (χ2v) is 10.2. The lowest BCUT2D eigenvalue weighted by Crippen LogP contribution is -2.51. The second-order valence-electron chi connectivity index (χ2n) is 10.2. The number of hydrogen-bond acceptors (Lipinski definition) is 9. The molecule has 0 aromatic carbocycles. The Bertz CT molecular complexity index is 1210. The van der Waals surface area contributed by atoms with Crippen LogP contribution in [0.2, 0.25) is 0 Å². The molecule has 4 heterocycles. The number of amides is 1. The molecule has 1 amide bonds. The van der Waals surface area contributed by atoms with Crippen molar-refractivity contribution in [2.75, 3.05) is 23.8 Å². The van der Waals surface area contributed by atoms with E-state index in [1.807, 2.05) is 6.07 Å². The van der Waals surface area contributed by atoms with E-state index in [0.29, 0.717) is 47.5 Å². The number of rotatable bonds is 6. The number of hydrogen-bond donors (Lipinski definition) is 4. The van der Waals surface area contributed by atoms with Gasteiger partial charge in [-0.2, -0.15) is 5.10 Å². The number of aromatic nitrogens is 4. The molecule has 5 rings (SSSR count). The van der Waals surface area contributed by atoms with Gasteiger partial charge < -0.3 is 31.3 Å². The maximum absolute atomic E-state index is 12.2. The van der Waals surface area contributed by atoms with E-state index in [2.05, 4.69) is 46.7 Å². The van der Waals surface area contributed by atoms with Crippen LogP contribution in [0.3, 0.4) is 0 Å². The van der Waals surface area contributed by atoms with Gasteiger partial charge in [-0.1, -0.05) is 18.9 Å². The molecular formula is C23H32N8O3. The molecule has 11 nitrogen and oxygen atoms in total. The van der Waals surface area contributed by atoms with Gasteiger partial charge in [-0.3, -0.25) is 4.79 Å². The second kappa shape index (κ2) is 8.24. The van der Waals surface area contributed by atoms with E-state index in [0.717, 1.165) is 25.7 Å². The minimum Gasteiger partial charge on any atom is -0.403 e. The lowest BCUT2D eigenvalue weighted by Gasteiger charge is -2.39. The van der Waals surface area contributed by atoms with E-state index in [1.54, 1.807) is 10.7 Å². The average Bonchev–Trinajstić information content (AvgIpc) is 3.47. The molecule has 1 aliphatic heterocycles. The molecule has 2 aliphatic rings. The van der Waals surface area contributed by atoms with E-state index in [9.17, 15) is 4.79 Å². The van der Waals surface area contributed by atoms with Gasteiger partial charge in [0.25, 0.3) is 11.8 Å². The quantitative estimate of drug-likeness (QED) is 0.426. The highest BCUT2D eigenvalue weighted by Gasteiger charge is 2.49. The number of ether oxygens (including phenoxy) is 1. The molecule has 1 saturated heterocycles. The number of nitrogens with two attached hydrogens (primary N) is 2. The molecule has 3 aromatic heterocycles. The van der Waals surface area contributed by atoms with Crippen LogP contribution < -0.4 is 22.1 Å². The van der Waals surface area contributed by atoms with Crippen LogP contribution >= 0.6 is 0 Å². The molecule has 182 valence electrons. The lowest BCUT2D eigenvalue weighted by molar-refractivity contribution is 0.0899. The molecule has 0 unspecified atom stereocenters. The Morgan fingerprint density at radius 2 is 1.94 bits per heavy atom. The van der Waals surface area contributed by atoms with Crippen molar-refractivity contribution >= 4 is 23.1 Å². The molecule has 34 heavy (non-hydrogen) atoms. The minimum atomic E-state index is -0.549. The summed E-state index contributed by atoms with van der Waals surface area (Å²) in [5.74, 6) is -0.185. The molecule has 6 N–H and O–H groups in total. The molecule has 0 radical (unpaired) electrons. The van der Waals surface area contributed by atoms with E-state index >= 15 is 0 Å². The fourth-order valence-corrected chi connectivity index (χ4v) is 4.88. The van der Waals surface area contributed by atoms with Crippen molar-refractivity contribution in [1.82, 2.24) is 19.8 Å². The van der Waals surface area contributed by atoms with E-state index in [4.69, 9.17) is 20.6 Å². The van der Waals surface area contributed by atoms with Gasteiger partial charge >= 0.3 is 6.01 Å². The maximum atomic E-state index is 12.2. The number of fused-ring (bicyclic) bond motifs is 1. The first kappa shape index (κ1) is 22.6. The Hall–Kier alpha value is -3.18. The highest BCUT2D eigenvalue weighted by Crippen LogP contribution is 2.46. The number of carbonyl (C=O) groups is 1. The number of nitrogens with one attached hydrogen (secondary N) is 2. The molecule has 2 atom stereocenters. The largest absolute Gasteiger partial charge is 0.403 e. The molecule has 1 saturated carbocycles. The van der Waals surface area contributed by atoms with Crippen LogP contribution in [0, 0.1) is 5.41 Å². The van der Waals surface area contributed by atoms with Gasteiger partial charge in [0.05, 0.1) is 28.5 Å². The van der Waals surface area contributed by atoms with Gasteiger partial charge in [-0.15, -0.1) is 5.10 Å². The van der Waals surface area contributed by atoms with Crippen LogP contribution in [0.15, 0.2) is 22.9 Å². The van der Waals surface area contributed by atoms with Crippen LogP contribution in [0.1, 0.15) is 56.8 Å². The first-order chi connectivity index (χ1) is 16.2. The Balaban J connectivity index is 1.47. The molecule has 1 aliphatic carbocycles. The topological polar surface area (TPSA) is 159 Å². The van der Waals surface area contributed by atoms with Gasteiger partial charge in [0.15, 0.2) is 0 Å². The highest BCUT2D eigenvalue weighted by molar-refractivity contribution is 6.02. The van der Waals surface area contributed by atoms with Gasteiger partial charge in [0, 0.05) is 42.4 Å². The monoisotopic (exact) mass is 468 g/mol. The average molecular weight is 469 g/mol. The molecule has 2 fully saturated rings. The smallest absolute Gasteiger partial charge is 0.315 e. The predicted molar refractivity (Wildman–Crippen MR) is 127 cm³/mol. The normalized spacial score (nSPS) is 25.0. The van der Waals surface area contributed by atoms with Crippen LogP contribution in [0.4, 0.5) is 11.7 Å². The third-order valence-electron chi connectivity index (χ3n) is 7.74. The molecule has 3 aromatic rings. The predicted octanol–water partition coefficient (Wildman–Crippen LogP) is 2.39. The summed E-state index contributed by atoms with van der Waals surface area (Å²) in [6.07, 6.45) is 6.82. The molecular weight excluding hydrogens is 436 g/mol. The highest BCUT2D eigenvalue weighted by atomic mass is 16.5. The van der Waals surface area contributed by atoms with Gasteiger partial charge in [0.1, 0.15) is 0 Å². The van der Waals surface area contributed by atoms with Crippen molar-refractivity contribution in [2.45, 2.75) is 64.1 Å². The molecule has 0 spiro atoms. The van der Waals surface area contributed by atoms with Gasteiger partial charge in [-0.25, -0.2) is 4.52 Å². The third-order valence-corrected chi connectivity index (χ3v) is 7.74. The van der Waals surface area contributed by atoms with E-state index in [1.165, 1.54) is 6.20 Å². The zero-order chi connectivity index (χ0) is 24.1. The number of carbonyl (C=O) groups excluding carboxylic acids is 1. The fourth-order valence-electron chi connectivity index (χ4n) is 4.88. The number of nitrogens with zero attached hydrogens (tertiary/aromatic N) is 4. The van der Waals surface area contributed by atoms with Crippen molar-refractivity contribution < 1.29 is 13.9 Å². The third kappa shape index (κ3) is 3.88. The maximum Gasteiger partial charge on any atom is 0.315 e. The van der Waals surface area contributed by atoms with Crippen LogP contribution in [-0.2, 0) is 4.74 Å². The Morgan fingerprint density at radius 3 is 2.62 bits per heavy atom. The summed E-state index contributed by atoms with van der Waals surface area (Å²) in [4.78, 5) is 12.2. The summed E-state index contributed by atoms with van der Waals surface area (Å²) in [5, 5.41) is 19.6. The molecule has 0 bridgehead atoms.